The lowest BCUT2D eigenvalue weighted by molar-refractivity contribution is 0.0850. The molecule has 0 unspecified atom stereocenters. The maximum absolute atomic E-state index is 12.1. The number of benzene rings is 1. The van der Waals surface area contributed by atoms with E-state index in [9.17, 15) is 4.79 Å². The van der Waals surface area contributed by atoms with Crippen molar-refractivity contribution < 1.29 is 4.79 Å². The number of hydrogen-bond acceptors (Lipinski definition) is 2. The van der Waals surface area contributed by atoms with Crippen LogP contribution in [0.4, 0.5) is 5.69 Å². The van der Waals surface area contributed by atoms with Gasteiger partial charge in [-0.25, -0.2) is 0 Å². The average Bonchev–Trinajstić information content (AvgIpc) is 2.31. The molecule has 0 bridgehead atoms. The molecular weight excluding hydrogens is 248 g/mol. The molecule has 2 rings (SSSR count). The van der Waals surface area contributed by atoms with Gasteiger partial charge < -0.3 is 11.1 Å². The molecule has 0 saturated heterocycles. The molecule has 18 heavy (non-hydrogen) atoms. The smallest absolute Gasteiger partial charge is 0.252 e. The molecule has 1 saturated carbocycles. The Labute approximate surface area is 113 Å². The quantitative estimate of drug-likeness (QED) is 0.822. The molecule has 0 heterocycles. The van der Waals surface area contributed by atoms with Gasteiger partial charge in [-0.1, -0.05) is 24.9 Å². The van der Waals surface area contributed by atoms with Gasteiger partial charge in [0.1, 0.15) is 0 Å². The fraction of sp³-hybridized carbons (Fsp3) is 0.500. The monoisotopic (exact) mass is 266 g/mol. The summed E-state index contributed by atoms with van der Waals surface area (Å²) in [6, 6.07) is 4.97. The summed E-state index contributed by atoms with van der Waals surface area (Å²) in [6.45, 7) is 2.91. The van der Waals surface area contributed by atoms with Gasteiger partial charge in [0, 0.05) is 12.2 Å². The van der Waals surface area contributed by atoms with Crippen molar-refractivity contribution in [3.05, 3.63) is 28.8 Å². The van der Waals surface area contributed by atoms with Gasteiger partial charge in [0.15, 0.2) is 0 Å². The van der Waals surface area contributed by atoms with Crippen LogP contribution in [0.3, 0.4) is 0 Å². The number of amides is 1. The lowest BCUT2D eigenvalue weighted by Crippen LogP contribution is -2.41. The minimum atomic E-state index is -0.132. The van der Waals surface area contributed by atoms with E-state index in [1.165, 1.54) is 19.3 Å². The number of anilines is 1. The molecule has 1 aliphatic rings. The highest BCUT2D eigenvalue weighted by molar-refractivity contribution is 6.34. The van der Waals surface area contributed by atoms with E-state index in [1.54, 1.807) is 18.2 Å². The van der Waals surface area contributed by atoms with Gasteiger partial charge >= 0.3 is 0 Å². The van der Waals surface area contributed by atoms with E-state index in [0.29, 0.717) is 21.7 Å². The first-order valence-corrected chi connectivity index (χ1v) is 6.77. The van der Waals surface area contributed by atoms with Gasteiger partial charge in [-0.2, -0.15) is 0 Å². The molecule has 0 atom stereocenters. The van der Waals surface area contributed by atoms with E-state index in [2.05, 4.69) is 12.2 Å². The Bertz CT molecular complexity index is 450. The summed E-state index contributed by atoms with van der Waals surface area (Å²) in [5.74, 6) is -0.132. The largest absolute Gasteiger partial charge is 0.399 e. The molecule has 1 aromatic carbocycles. The third kappa shape index (κ3) is 2.61. The average molecular weight is 267 g/mol. The number of nitrogens with two attached hydrogens (primary N) is 1. The normalized spacial score (nSPS) is 17.0. The van der Waals surface area contributed by atoms with E-state index in [0.717, 1.165) is 13.0 Å². The van der Waals surface area contributed by atoms with Gasteiger partial charge in [-0.05, 0) is 42.9 Å². The van der Waals surface area contributed by atoms with Gasteiger partial charge in [0.05, 0.1) is 10.6 Å². The lowest BCUT2D eigenvalue weighted by atomic mass is 9.67. The molecule has 3 nitrogen and oxygen atoms in total. The molecule has 0 aromatic heterocycles. The third-order valence-corrected chi connectivity index (χ3v) is 4.35. The van der Waals surface area contributed by atoms with E-state index in [-0.39, 0.29) is 5.91 Å². The van der Waals surface area contributed by atoms with Crippen LogP contribution in [0.25, 0.3) is 0 Å². The highest BCUT2D eigenvalue weighted by atomic mass is 35.5. The van der Waals surface area contributed by atoms with Gasteiger partial charge in [0.25, 0.3) is 5.91 Å². The Hall–Kier alpha value is -1.22. The summed E-state index contributed by atoms with van der Waals surface area (Å²) in [6.07, 6.45) is 4.78. The molecule has 98 valence electrons. The van der Waals surface area contributed by atoms with Gasteiger partial charge in [-0.3, -0.25) is 4.79 Å². The van der Waals surface area contributed by atoms with Crippen molar-refractivity contribution in [2.75, 3.05) is 12.3 Å². The molecular formula is C14H19ClN2O. The molecule has 1 aliphatic carbocycles. The van der Waals surface area contributed by atoms with Crippen molar-refractivity contribution in [3.63, 3.8) is 0 Å². The highest BCUT2D eigenvalue weighted by Crippen LogP contribution is 2.43. The minimum absolute atomic E-state index is 0.132. The van der Waals surface area contributed by atoms with Crippen LogP contribution in [-0.4, -0.2) is 12.5 Å². The first kappa shape index (κ1) is 13.2. The Morgan fingerprint density at radius 3 is 2.78 bits per heavy atom. The molecule has 0 spiro atoms. The van der Waals surface area contributed by atoms with Crippen molar-refractivity contribution >= 4 is 23.2 Å². The molecule has 4 heteroatoms. The number of carbonyl (C=O) groups is 1. The first-order chi connectivity index (χ1) is 8.56. The Morgan fingerprint density at radius 1 is 1.50 bits per heavy atom. The molecule has 1 amide bonds. The summed E-state index contributed by atoms with van der Waals surface area (Å²) >= 11 is 6.01. The van der Waals surface area contributed by atoms with E-state index in [4.69, 9.17) is 17.3 Å². The fourth-order valence-electron chi connectivity index (χ4n) is 2.41. The highest BCUT2D eigenvalue weighted by Gasteiger charge is 2.35. The first-order valence-electron chi connectivity index (χ1n) is 6.39. The second kappa shape index (κ2) is 5.19. The minimum Gasteiger partial charge on any atom is -0.399 e. The number of halogens is 1. The van der Waals surface area contributed by atoms with Crippen molar-refractivity contribution in [3.8, 4) is 0 Å². The number of rotatable bonds is 4. The summed E-state index contributed by atoms with van der Waals surface area (Å²) in [4.78, 5) is 12.1. The molecule has 0 aliphatic heterocycles. The van der Waals surface area contributed by atoms with Crippen LogP contribution < -0.4 is 11.1 Å². The lowest BCUT2D eigenvalue weighted by Gasteiger charge is -2.41. The Balaban J connectivity index is 2.01. The summed E-state index contributed by atoms with van der Waals surface area (Å²) in [7, 11) is 0. The number of carbonyl (C=O) groups excluding carboxylic acids is 1. The van der Waals surface area contributed by atoms with Gasteiger partial charge in [-0.15, -0.1) is 0 Å². The SMILES string of the molecule is CCC1(CNC(=O)c2cc(N)ccc2Cl)CCC1. The standard InChI is InChI=1S/C14H19ClN2O/c1-2-14(6-3-7-14)9-17-13(18)11-8-10(16)4-5-12(11)15/h4-5,8H,2-3,6-7,9,16H2,1H3,(H,17,18). The zero-order chi connectivity index (χ0) is 13.2. The predicted octanol–water partition coefficient (Wildman–Crippen LogP) is 3.23. The second-order valence-corrected chi connectivity index (χ2v) is 5.54. The molecule has 1 aromatic rings. The number of hydrogen-bond donors (Lipinski definition) is 2. The van der Waals surface area contributed by atoms with Crippen molar-refractivity contribution in [1.82, 2.24) is 5.32 Å². The maximum Gasteiger partial charge on any atom is 0.252 e. The topological polar surface area (TPSA) is 55.1 Å². The molecule has 0 radical (unpaired) electrons. The zero-order valence-corrected chi connectivity index (χ0v) is 11.4. The van der Waals surface area contributed by atoms with Crippen LogP contribution in [0.5, 0.6) is 0 Å². The zero-order valence-electron chi connectivity index (χ0n) is 10.6. The third-order valence-electron chi connectivity index (χ3n) is 4.02. The summed E-state index contributed by atoms with van der Waals surface area (Å²) in [5, 5.41) is 3.43. The van der Waals surface area contributed by atoms with E-state index >= 15 is 0 Å². The van der Waals surface area contributed by atoms with Crippen LogP contribution in [-0.2, 0) is 0 Å². The van der Waals surface area contributed by atoms with Gasteiger partial charge in [0.2, 0.25) is 0 Å². The number of nitrogen functional groups attached to an aromatic ring is 1. The summed E-state index contributed by atoms with van der Waals surface area (Å²) in [5.41, 5.74) is 6.99. The summed E-state index contributed by atoms with van der Waals surface area (Å²) < 4.78 is 0. The maximum atomic E-state index is 12.1. The van der Waals surface area contributed by atoms with Crippen molar-refractivity contribution in [2.45, 2.75) is 32.6 Å². The Kier molecular flexibility index (Phi) is 3.81. The van der Waals surface area contributed by atoms with Crippen LogP contribution in [0.15, 0.2) is 18.2 Å². The second-order valence-electron chi connectivity index (χ2n) is 5.13. The fourth-order valence-corrected chi connectivity index (χ4v) is 2.62. The number of nitrogens with one attached hydrogen (secondary N) is 1. The van der Waals surface area contributed by atoms with E-state index < -0.39 is 0 Å². The molecule has 1 fully saturated rings. The van der Waals surface area contributed by atoms with Crippen LogP contribution >= 0.6 is 11.6 Å². The van der Waals surface area contributed by atoms with Crippen molar-refractivity contribution in [2.24, 2.45) is 5.41 Å². The van der Waals surface area contributed by atoms with Crippen LogP contribution in [0, 0.1) is 5.41 Å². The van der Waals surface area contributed by atoms with E-state index in [1.807, 2.05) is 0 Å². The van der Waals surface area contributed by atoms with Crippen LogP contribution in [0.2, 0.25) is 5.02 Å². The predicted molar refractivity (Wildman–Crippen MR) is 74.8 cm³/mol. The van der Waals surface area contributed by atoms with Crippen LogP contribution in [0.1, 0.15) is 43.0 Å². The van der Waals surface area contributed by atoms with Crippen molar-refractivity contribution in [1.29, 1.82) is 0 Å². The Morgan fingerprint density at radius 2 is 2.22 bits per heavy atom. The molecule has 3 N–H and O–H groups in total.